The van der Waals surface area contributed by atoms with Crippen molar-refractivity contribution in [1.29, 1.82) is 0 Å². The second-order valence-electron chi connectivity index (χ2n) is 5.60. The molecule has 2 rings (SSSR count). The molecule has 0 spiro atoms. The maximum atomic E-state index is 12.2. The highest BCUT2D eigenvalue weighted by Gasteiger charge is 2.03. The molecule has 0 saturated carbocycles. The molecular formula is C22H20N2O5. The van der Waals surface area contributed by atoms with Gasteiger partial charge in [0.1, 0.15) is 0 Å². The largest absolute Gasteiger partial charge is 0.493 e. The molecule has 7 heteroatoms. The van der Waals surface area contributed by atoms with E-state index >= 15 is 0 Å². The van der Waals surface area contributed by atoms with Crippen LogP contribution >= 0.6 is 0 Å². The van der Waals surface area contributed by atoms with Gasteiger partial charge in [0.15, 0.2) is 11.5 Å². The SMILES string of the molecule is COc1ccc(/C=C/C(=O)Nc2cccc(C#C/C=C/C(=O)NO)c2)cc1OC. The van der Waals surface area contributed by atoms with E-state index in [9.17, 15) is 9.59 Å². The number of allylic oxidation sites excluding steroid dienone is 1. The van der Waals surface area contributed by atoms with Crippen molar-refractivity contribution in [2.75, 3.05) is 19.5 Å². The highest BCUT2D eigenvalue weighted by molar-refractivity contribution is 6.02. The fraction of sp³-hybridized carbons (Fsp3) is 0.0909. The Morgan fingerprint density at radius 2 is 1.79 bits per heavy atom. The lowest BCUT2D eigenvalue weighted by Gasteiger charge is -2.07. The summed E-state index contributed by atoms with van der Waals surface area (Å²) in [5.41, 5.74) is 3.49. The van der Waals surface area contributed by atoms with E-state index in [-0.39, 0.29) is 5.91 Å². The number of rotatable bonds is 6. The highest BCUT2D eigenvalue weighted by atomic mass is 16.5. The van der Waals surface area contributed by atoms with Crippen molar-refractivity contribution in [2.45, 2.75) is 0 Å². The van der Waals surface area contributed by atoms with Gasteiger partial charge < -0.3 is 14.8 Å². The van der Waals surface area contributed by atoms with Gasteiger partial charge in [0.2, 0.25) is 5.91 Å². The number of methoxy groups -OCH3 is 2. The number of ether oxygens (including phenoxy) is 2. The van der Waals surface area contributed by atoms with Crippen LogP contribution in [0.15, 0.2) is 60.7 Å². The fourth-order valence-corrected chi connectivity index (χ4v) is 2.27. The lowest BCUT2D eigenvalue weighted by Crippen LogP contribution is -2.14. The van der Waals surface area contributed by atoms with Gasteiger partial charge in [-0.05, 0) is 48.0 Å². The van der Waals surface area contributed by atoms with E-state index in [0.29, 0.717) is 22.7 Å². The molecule has 0 fully saturated rings. The standard InChI is InChI=1S/C22H20N2O5/c1-28-19-12-10-17(15-20(19)29-2)11-13-21(25)23-18-8-5-7-16(14-18)6-3-4-9-22(26)24-27/h4-5,7-15,27H,1-2H3,(H,23,25)(H,24,26)/b9-4+,13-11+. The van der Waals surface area contributed by atoms with Crippen molar-refractivity contribution in [3.05, 3.63) is 71.8 Å². The van der Waals surface area contributed by atoms with Crippen LogP contribution in [0.25, 0.3) is 6.08 Å². The molecule has 2 aromatic rings. The summed E-state index contributed by atoms with van der Waals surface area (Å²) in [7, 11) is 3.10. The minimum absolute atomic E-state index is 0.301. The average molecular weight is 392 g/mol. The van der Waals surface area contributed by atoms with Gasteiger partial charge in [0.25, 0.3) is 5.91 Å². The van der Waals surface area contributed by atoms with E-state index in [1.807, 2.05) is 6.07 Å². The summed E-state index contributed by atoms with van der Waals surface area (Å²) in [6, 6.07) is 12.3. The normalized spacial score (nSPS) is 10.3. The summed E-state index contributed by atoms with van der Waals surface area (Å²) in [5, 5.41) is 11.1. The molecule has 7 nitrogen and oxygen atoms in total. The number of carbonyl (C=O) groups is 2. The average Bonchev–Trinajstić information content (AvgIpc) is 2.75. The molecule has 0 aromatic heterocycles. The van der Waals surface area contributed by atoms with Gasteiger partial charge in [0.05, 0.1) is 14.2 Å². The quantitative estimate of drug-likeness (QED) is 0.304. The molecule has 148 valence electrons. The third-order valence-electron chi connectivity index (χ3n) is 3.61. The number of hydrogen-bond acceptors (Lipinski definition) is 5. The predicted molar refractivity (Wildman–Crippen MR) is 110 cm³/mol. The van der Waals surface area contributed by atoms with Crippen molar-refractivity contribution < 1.29 is 24.3 Å². The van der Waals surface area contributed by atoms with E-state index in [4.69, 9.17) is 14.7 Å². The lowest BCUT2D eigenvalue weighted by atomic mass is 10.2. The van der Waals surface area contributed by atoms with Crippen LogP contribution in [0.5, 0.6) is 11.5 Å². The molecule has 0 heterocycles. The van der Waals surface area contributed by atoms with Crippen LogP contribution in [-0.4, -0.2) is 31.2 Å². The molecule has 2 amide bonds. The number of nitrogens with one attached hydrogen (secondary N) is 2. The predicted octanol–water partition coefficient (Wildman–Crippen LogP) is 2.77. The summed E-state index contributed by atoms with van der Waals surface area (Å²) < 4.78 is 10.4. The molecule has 0 aliphatic carbocycles. The van der Waals surface area contributed by atoms with Crippen molar-refractivity contribution >= 4 is 23.6 Å². The molecule has 0 saturated heterocycles. The van der Waals surface area contributed by atoms with Crippen LogP contribution in [0.1, 0.15) is 11.1 Å². The first kappa shape index (κ1) is 21.3. The fourth-order valence-electron chi connectivity index (χ4n) is 2.27. The van der Waals surface area contributed by atoms with Gasteiger partial charge in [-0.15, -0.1) is 0 Å². The van der Waals surface area contributed by atoms with Gasteiger partial charge >= 0.3 is 0 Å². The van der Waals surface area contributed by atoms with Crippen molar-refractivity contribution in [2.24, 2.45) is 0 Å². The zero-order chi connectivity index (χ0) is 21.1. The summed E-state index contributed by atoms with van der Waals surface area (Å²) >= 11 is 0. The third-order valence-corrected chi connectivity index (χ3v) is 3.61. The number of carbonyl (C=O) groups excluding carboxylic acids is 2. The van der Waals surface area contributed by atoms with Crippen LogP contribution in [0, 0.1) is 11.8 Å². The first-order chi connectivity index (χ1) is 14.0. The Labute approximate surface area is 168 Å². The van der Waals surface area contributed by atoms with Crippen molar-refractivity contribution in [3.63, 3.8) is 0 Å². The molecule has 0 aliphatic rings. The lowest BCUT2D eigenvalue weighted by molar-refractivity contribution is -0.124. The summed E-state index contributed by atoms with van der Waals surface area (Å²) in [6.07, 6.45) is 5.48. The molecule has 0 bridgehead atoms. The highest BCUT2D eigenvalue weighted by Crippen LogP contribution is 2.27. The van der Waals surface area contributed by atoms with Gasteiger partial charge in [-0.2, -0.15) is 0 Å². The molecule has 0 unspecified atom stereocenters. The molecule has 29 heavy (non-hydrogen) atoms. The van der Waals surface area contributed by atoms with Crippen LogP contribution in [0.4, 0.5) is 5.69 Å². The number of amides is 2. The van der Waals surface area contributed by atoms with Crippen molar-refractivity contribution in [3.8, 4) is 23.3 Å². The first-order valence-electron chi connectivity index (χ1n) is 8.49. The maximum Gasteiger partial charge on any atom is 0.267 e. The van der Waals surface area contributed by atoms with E-state index < -0.39 is 5.91 Å². The van der Waals surface area contributed by atoms with Crippen LogP contribution in [0.2, 0.25) is 0 Å². The van der Waals surface area contributed by atoms with Crippen LogP contribution in [-0.2, 0) is 9.59 Å². The Hall–Kier alpha value is -4.02. The number of hydrogen-bond donors (Lipinski definition) is 3. The summed E-state index contributed by atoms with van der Waals surface area (Å²) in [6.45, 7) is 0. The first-order valence-corrected chi connectivity index (χ1v) is 8.49. The third kappa shape index (κ3) is 6.90. The number of hydroxylamine groups is 1. The molecule has 0 atom stereocenters. The zero-order valence-electron chi connectivity index (χ0n) is 15.9. The second kappa shape index (κ2) is 11.0. The summed E-state index contributed by atoms with van der Waals surface area (Å²) in [4.78, 5) is 23.0. The van der Waals surface area contributed by atoms with Crippen molar-refractivity contribution in [1.82, 2.24) is 5.48 Å². The van der Waals surface area contributed by atoms with Gasteiger partial charge in [0, 0.05) is 23.4 Å². The molecule has 0 aliphatic heterocycles. The number of benzene rings is 2. The van der Waals surface area contributed by atoms with E-state index in [1.54, 1.807) is 56.7 Å². The maximum absolute atomic E-state index is 12.2. The Kier molecular flexibility index (Phi) is 8.05. The topological polar surface area (TPSA) is 96.9 Å². The smallest absolute Gasteiger partial charge is 0.267 e. The molecular weight excluding hydrogens is 372 g/mol. The Bertz CT molecular complexity index is 1000. The van der Waals surface area contributed by atoms with Gasteiger partial charge in [-0.25, -0.2) is 5.48 Å². The zero-order valence-corrected chi connectivity index (χ0v) is 15.9. The van der Waals surface area contributed by atoms with E-state index in [2.05, 4.69) is 17.2 Å². The molecule has 3 N–H and O–H groups in total. The molecule has 2 aromatic carbocycles. The van der Waals surface area contributed by atoms with Crippen LogP contribution < -0.4 is 20.3 Å². The molecule has 0 radical (unpaired) electrons. The Morgan fingerprint density at radius 1 is 1.00 bits per heavy atom. The minimum atomic E-state index is -0.665. The minimum Gasteiger partial charge on any atom is -0.493 e. The summed E-state index contributed by atoms with van der Waals surface area (Å²) in [5.74, 6) is 5.71. The van der Waals surface area contributed by atoms with Gasteiger partial charge in [-0.1, -0.05) is 24.0 Å². The van der Waals surface area contributed by atoms with Crippen LogP contribution in [0.3, 0.4) is 0 Å². The van der Waals surface area contributed by atoms with Gasteiger partial charge in [-0.3, -0.25) is 14.8 Å². The second-order valence-corrected chi connectivity index (χ2v) is 5.60. The monoisotopic (exact) mass is 392 g/mol. The number of anilines is 1. The van der Waals surface area contributed by atoms with E-state index in [1.165, 1.54) is 17.6 Å². The van der Waals surface area contributed by atoms with E-state index in [0.717, 1.165) is 11.6 Å². The Balaban J connectivity index is 2.02. The Morgan fingerprint density at radius 3 is 2.52 bits per heavy atom.